The Kier molecular flexibility index (Phi) is 2.96. The lowest BCUT2D eigenvalue weighted by Crippen LogP contribution is -2.32. The van der Waals surface area contributed by atoms with E-state index in [0.29, 0.717) is 11.7 Å². The second-order valence-electron chi connectivity index (χ2n) is 4.49. The van der Waals surface area contributed by atoms with Crippen LogP contribution in [-0.2, 0) is 0 Å². The topological polar surface area (TPSA) is 72.4 Å². The van der Waals surface area contributed by atoms with Crippen LogP contribution >= 0.6 is 0 Å². The van der Waals surface area contributed by atoms with Crippen LogP contribution in [-0.4, -0.2) is 35.1 Å². The van der Waals surface area contributed by atoms with Crippen LogP contribution in [0.1, 0.15) is 29.6 Å². The Labute approximate surface area is 94.6 Å². The van der Waals surface area contributed by atoms with Gasteiger partial charge in [0, 0.05) is 25.2 Å². The number of likely N-dealkylation sites (tertiary alicyclic amines) is 1. The number of nitrogens with zero attached hydrogens (tertiary/aromatic N) is 2. The maximum absolute atomic E-state index is 12.0. The molecule has 2 rings (SSSR count). The molecule has 88 valence electrons. The van der Waals surface area contributed by atoms with Crippen LogP contribution in [0.4, 0.5) is 0 Å². The van der Waals surface area contributed by atoms with Crippen LogP contribution in [0.25, 0.3) is 0 Å². The van der Waals surface area contributed by atoms with E-state index in [0.717, 1.165) is 25.2 Å². The first-order chi connectivity index (χ1) is 7.58. The van der Waals surface area contributed by atoms with Gasteiger partial charge in [0.1, 0.15) is 0 Å². The molecule has 2 atom stereocenters. The number of nitrogens with two attached hydrogens (primary N) is 1. The zero-order valence-electron chi connectivity index (χ0n) is 9.64. The number of aryl methyl sites for hydroxylation is 1. The highest BCUT2D eigenvalue weighted by molar-refractivity contribution is 5.91. The Balaban J connectivity index is 2.02. The summed E-state index contributed by atoms with van der Waals surface area (Å²) in [7, 11) is 0. The van der Waals surface area contributed by atoms with E-state index in [1.807, 2.05) is 6.92 Å². The first-order valence-electron chi connectivity index (χ1n) is 5.56. The summed E-state index contributed by atoms with van der Waals surface area (Å²) in [4.78, 5) is 13.8. The number of hydrogen-bond donors (Lipinski definition) is 1. The molecule has 2 heterocycles. The number of aromatic nitrogens is 1. The van der Waals surface area contributed by atoms with Crippen molar-refractivity contribution in [3.8, 4) is 0 Å². The fourth-order valence-electron chi connectivity index (χ4n) is 2.02. The van der Waals surface area contributed by atoms with Crippen molar-refractivity contribution >= 4 is 5.91 Å². The molecule has 0 bridgehead atoms. The van der Waals surface area contributed by atoms with E-state index in [9.17, 15) is 4.79 Å². The zero-order valence-corrected chi connectivity index (χ0v) is 9.64. The third-order valence-corrected chi connectivity index (χ3v) is 3.09. The smallest absolute Gasteiger partial charge is 0.292 e. The largest absolute Gasteiger partial charge is 0.351 e. The summed E-state index contributed by atoms with van der Waals surface area (Å²) in [5.74, 6) is 0.638. The quantitative estimate of drug-likeness (QED) is 0.804. The predicted octanol–water partition coefficient (Wildman–Crippen LogP) is 0.792. The molecule has 5 heteroatoms. The molecule has 16 heavy (non-hydrogen) atoms. The van der Waals surface area contributed by atoms with Crippen molar-refractivity contribution < 1.29 is 9.32 Å². The van der Waals surface area contributed by atoms with Gasteiger partial charge < -0.3 is 15.2 Å². The van der Waals surface area contributed by atoms with Crippen molar-refractivity contribution in [1.82, 2.24) is 10.1 Å². The lowest BCUT2D eigenvalue weighted by Gasteiger charge is -2.16. The maximum Gasteiger partial charge on any atom is 0.292 e. The molecule has 1 aliphatic heterocycles. The molecule has 0 saturated carbocycles. The molecule has 1 saturated heterocycles. The highest BCUT2D eigenvalue weighted by Gasteiger charge is 2.30. The fraction of sp³-hybridized carbons (Fsp3) is 0.636. The molecule has 1 aliphatic rings. The first kappa shape index (κ1) is 11.1. The standard InChI is InChI=1S/C11H17N3O2/c1-7-5-10(16-13-7)11(15)14-4-3-9(6-14)8(2)12/h5,8-9H,3-4,6,12H2,1-2H3. The van der Waals surface area contributed by atoms with Gasteiger partial charge in [0.05, 0.1) is 5.69 Å². The van der Waals surface area contributed by atoms with E-state index in [2.05, 4.69) is 5.16 Å². The van der Waals surface area contributed by atoms with E-state index in [-0.39, 0.29) is 11.9 Å². The molecular weight excluding hydrogens is 206 g/mol. The average molecular weight is 223 g/mol. The summed E-state index contributed by atoms with van der Waals surface area (Å²) in [5, 5.41) is 3.72. The van der Waals surface area contributed by atoms with Crippen LogP contribution < -0.4 is 5.73 Å². The molecule has 1 aromatic rings. The first-order valence-corrected chi connectivity index (χ1v) is 5.56. The van der Waals surface area contributed by atoms with Gasteiger partial charge in [0.25, 0.3) is 5.91 Å². The molecule has 1 fully saturated rings. The highest BCUT2D eigenvalue weighted by Crippen LogP contribution is 2.20. The van der Waals surface area contributed by atoms with Gasteiger partial charge in [-0.1, -0.05) is 5.16 Å². The van der Waals surface area contributed by atoms with Crippen molar-refractivity contribution in [2.24, 2.45) is 11.7 Å². The Morgan fingerprint density at radius 2 is 2.50 bits per heavy atom. The summed E-state index contributed by atoms with van der Waals surface area (Å²) < 4.78 is 4.96. The summed E-state index contributed by atoms with van der Waals surface area (Å²) >= 11 is 0. The van der Waals surface area contributed by atoms with Crippen molar-refractivity contribution in [2.75, 3.05) is 13.1 Å². The second kappa shape index (κ2) is 4.25. The Morgan fingerprint density at radius 1 is 1.75 bits per heavy atom. The monoisotopic (exact) mass is 223 g/mol. The molecule has 0 aliphatic carbocycles. The van der Waals surface area contributed by atoms with Gasteiger partial charge in [-0.3, -0.25) is 4.79 Å². The number of carbonyl (C=O) groups is 1. The van der Waals surface area contributed by atoms with Gasteiger partial charge >= 0.3 is 0 Å². The van der Waals surface area contributed by atoms with E-state index >= 15 is 0 Å². The number of carbonyl (C=O) groups excluding carboxylic acids is 1. The van der Waals surface area contributed by atoms with Gasteiger partial charge in [0.15, 0.2) is 0 Å². The summed E-state index contributed by atoms with van der Waals surface area (Å²) in [6.07, 6.45) is 0.969. The van der Waals surface area contributed by atoms with Gasteiger partial charge in [-0.15, -0.1) is 0 Å². The Hall–Kier alpha value is -1.36. The molecule has 2 unspecified atom stereocenters. The minimum absolute atomic E-state index is 0.0799. The van der Waals surface area contributed by atoms with Gasteiger partial charge in [-0.05, 0) is 26.2 Å². The van der Waals surface area contributed by atoms with E-state index < -0.39 is 0 Å². The minimum Gasteiger partial charge on any atom is -0.351 e. The zero-order chi connectivity index (χ0) is 11.7. The van der Waals surface area contributed by atoms with E-state index in [4.69, 9.17) is 10.3 Å². The van der Waals surface area contributed by atoms with Crippen LogP contribution in [0.15, 0.2) is 10.6 Å². The van der Waals surface area contributed by atoms with E-state index in [1.165, 1.54) is 0 Å². The normalized spacial score (nSPS) is 22.4. The predicted molar refractivity (Wildman–Crippen MR) is 58.9 cm³/mol. The van der Waals surface area contributed by atoms with Crippen molar-refractivity contribution in [3.05, 3.63) is 17.5 Å². The molecular formula is C11H17N3O2. The highest BCUT2D eigenvalue weighted by atomic mass is 16.5. The van der Waals surface area contributed by atoms with Crippen LogP contribution in [0.2, 0.25) is 0 Å². The van der Waals surface area contributed by atoms with Crippen LogP contribution in [0.5, 0.6) is 0 Å². The van der Waals surface area contributed by atoms with Gasteiger partial charge in [0.2, 0.25) is 5.76 Å². The van der Waals surface area contributed by atoms with Gasteiger partial charge in [-0.25, -0.2) is 0 Å². The lowest BCUT2D eigenvalue weighted by molar-refractivity contribution is 0.0744. The minimum atomic E-state index is -0.0799. The summed E-state index contributed by atoms with van der Waals surface area (Å²) in [6, 6.07) is 1.80. The van der Waals surface area contributed by atoms with Crippen molar-refractivity contribution in [3.63, 3.8) is 0 Å². The molecule has 0 radical (unpaired) electrons. The average Bonchev–Trinajstić information content (AvgIpc) is 2.84. The molecule has 1 aromatic heterocycles. The third kappa shape index (κ3) is 2.09. The molecule has 0 aromatic carbocycles. The van der Waals surface area contributed by atoms with Crippen LogP contribution in [0.3, 0.4) is 0 Å². The number of rotatable bonds is 2. The summed E-state index contributed by atoms with van der Waals surface area (Å²) in [5.41, 5.74) is 6.56. The number of amides is 1. The molecule has 0 spiro atoms. The SMILES string of the molecule is Cc1cc(C(=O)N2CCC(C(C)N)C2)on1. The van der Waals surface area contributed by atoms with E-state index in [1.54, 1.807) is 17.9 Å². The van der Waals surface area contributed by atoms with Crippen molar-refractivity contribution in [1.29, 1.82) is 0 Å². The van der Waals surface area contributed by atoms with Crippen LogP contribution in [0, 0.1) is 12.8 Å². The molecule has 1 amide bonds. The molecule has 2 N–H and O–H groups in total. The fourth-order valence-corrected chi connectivity index (χ4v) is 2.02. The Bertz CT molecular complexity index is 386. The number of hydrogen-bond acceptors (Lipinski definition) is 4. The van der Waals surface area contributed by atoms with Crippen molar-refractivity contribution in [2.45, 2.75) is 26.3 Å². The molecule has 5 nitrogen and oxygen atoms in total. The maximum atomic E-state index is 12.0. The Morgan fingerprint density at radius 3 is 3.00 bits per heavy atom. The third-order valence-electron chi connectivity index (χ3n) is 3.09. The lowest BCUT2D eigenvalue weighted by atomic mass is 10.0. The summed E-state index contributed by atoms with van der Waals surface area (Å²) in [6.45, 7) is 5.26. The van der Waals surface area contributed by atoms with Gasteiger partial charge in [-0.2, -0.15) is 0 Å². The second-order valence-corrected chi connectivity index (χ2v) is 4.49.